The number of hydrogen-bond donors (Lipinski definition) is 0. The topological polar surface area (TPSA) is 83.7 Å². The lowest BCUT2D eigenvalue weighted by Crippen LogP contribution is -2.48. The third-order valence-corrected chi connectivity index (χ3v) is 7.32. The standard InChI is InChI=1S/C24H27N3O4S/c1-4-21(28)26-12-14-27(15-13-26)24-23(32(29,30)20-10-8-17(2)9-11-20)25-22(31-24)19-7-5-6-18(3)16-19/h5-11,16H,4,12-15H2,1-3H3. The fourth-order valence-electron chi connectivity index (χ4n) is 3.79. The zero-order valence-electron chi connectivity index (χ0n) is 18.5. The summed E-state index contributed by atoms with van der Waals surface area (Å²) in [6.07, 6.45) is 0.451. The van der Waals surface area contributed by atoms with Crippen molar-refractivity contribution >= 4 is 21.6 Å². The fraction of sp³-hybridized carbons (Fsp3) is 0.333. The van der Waals surface area contributed by atoms with Gasteiger partial charge in [-0.1, -0.05) is 42.3 Å². The van der Waals surface area contributed by atoms with Crippen molar-refractivity contribution in [1.82, 2.24) is 9.88 Å². The Kier molecular flexibility index (Phi) is 6.06. The van der Waals surface area contributed by atoms with E-state index in [1.165, 1.54) is 0 Å². The predicted octanol–water partition coefficient (Wildman–Crippen LogP) is 3.85. The van der Waals surface area contributed by atoms with E-state index in [4.69, 9.17) is 4.42 Å². The molecular weight excluding hydrogens is 426 g/mol. The second-order valence-corrected chi connectivity index (χ2v) is 9.90. The van der Waals surface area contributed by atoms with Crippen molar-refractivity contribution in [2.75, 3.05) is 31.1 Å². The molecule has 0 spiro atoms. The molecule has 1 aliphatic rings. The van der Waals surface area contributed by atoms with Gasteiger partial charge < -0.3 is 14.2 Å². The third kappa shape index (κ3) is 4.27. The Bertz CT molecular complexity index is 1220. The summed E-state index contributed by atoms with van der Waals surface area (Å²) in [6, 6.07) is 14.3. The van der Waals surface area contributed by atoms with E-state index in [0.717, 1.165) is 16.7 Å². The van der Waals surface area contributed by atoms with E-state index < -0.39 is 9.84 Å². The van der Waals surface area contributed by atoms with Gasteiger partial charge in [-0.05, 0) is 38.1 Å². The van der Waals surface area contributed by atoms with Gasteiger partial charge in [-0.2, -0.15) is 4.98 Å². The van der Waals surface area contributed by atoms with Crippen LogP contribution >= 0.6 is 0 Å². The molecule has 0 unspecified atom stereocenters. The number of amides is 1. The Morgan fingerprint density at radius 2 is 1.69 bits per heavy atom. The second-order valence-electron chi connectivity index (χ2n) is 8.04. The number of aryl methyl sites for hydroxylation is 2. The molecular formula is C24H27N3O4S. The summed E-state index contributed by atoms with van der Waals surface area (Å²) in [7, 11) is -3.89. The number of hydrogen-bond acceptors (Lipinski definition) is 6. The van der Waals surface area contributed by atoms with Crippen LogP contribution < -0.4 is 4.90 Å². The molecule has 0 saturated carbocycles. The maximum absolute atomic E-state index is 13.5. The average molecular weight is 454 g/mol. The largest absolute Gasteiger partial charge is 0.419 e. The van der Waals surface area contributed by atoms with Crippen LogP contribution in [0.3, 0.4) is 0 Å². The zero-order valence-corrected chi connectivity index (χ0v) is 19.4. The zero-order chi connectivity index (χ0) is 22.9. The Balaban J connectivity index is 1.76. The number of anilines is 1. The molecule has 2 heterocycles. The molecule has 4 rings (SSSR count). The van der Waals surface area contributed by atoms with Gasteiger partial charge in [-0.15, -0.1) is 0 Å². The Morgan fingerprint density at radius 1 is 1.00 bits per heavy atom. The Hall–Kier alpha value is -3.13. The summed E-state index contributed by atoms with van der Waals surface area (Å²) in [5.74, 6) is 0.585. The van der Waals surface area contributed by atoms with Crippen molar-refractivity contribution in [3.8, 4) is 11.5 Å². The summed E-state index contributed by atoms with van der Waals surface area (Å²) in [5, 5.41) is -0.0897. The first kappa shape index (κ1) is 22.1. The van der Waals surface area contributed by atoms with E-state index in [1.54, 1.807) is 29.2 Å². The maximum Gasteiger partial charge on any atom is 0.236 e. The van der Waals surface area contributed by atoms with Crippen LogP contribution in [0.5, 0.6) is 0 Å². The number of sulfone groups is 1. The van der Waals surface area contributed by atoms with E-state index in [2.05, 4.69) is 4.98 Å². The molecule has 2 aromatic carbocycles. The smallest absolute Gasteiger partial charge is 0.236 e. The van der Waals surface area contributed by atoms with Crippen molar-refractivity contribution in [3.63, 3.8) is 0 Å². The number of carbonyl (C=O) groups excluding carboxylic acids is 1. The lowest BCUT2D eigenvalue weighted by Gasteiger charge is -2.34. The van der Waals surface area contributed by atoms with Gasteiger partial charge in [-0.3, -0.25) is 4.79 Å². The van der Waals surface area contributed by atoms with E-state index in [1.807, 2.05) is 49.9 Å². The van der Waals surface area contributed by atoms with Gasteiger partial charge in [0.05, 0.1) is 4.90 Å². The minimum absolute atomic E-state index is 0.0897. The second kappa shape index (κ2) is 8.78. The highest BCUT2D eigenvalue weighted by Gasteiger charge is 2.33. The molecule has 1 aliphatic heterocycles. The number of aromatic nitrogens is 1. The molecule has 1 saturated heterocycles. The van der Waals surface area contributed by atoms with Crippen molar-refractivity contribution in [1.29, 1.82) is 0 Å². The molecule has 168 valence electrons. The average Bonchev–Trinajstić information content (AvgIpc) is 3.25. The van der Waals surface area contributed by atoms with Gasteiger partial charge in [0.25, 0.3) is 0 Å². The maximum atomic E-state index is 13.5. The normalized spacial score (nSPS) is 14.6. The predicted molar refractivity (Wildman–Crippen MR) is 122 cm³/mol. The van der Waals surface area contributed by atoms with Crippen LogP contribution in [0, 0.1) is 13.8 Å². The van der Waals surface area contributed by atoms with E-state index in [-0.39, 0.29) is 27.6 Å². The molecule has 0 bridgehead atoms. The van der Waals surface area contributed by atoms with Crippen LogP contribution in [0.15, 0.2) is 62.9 Å². The van der Waals surface area contributed by atoms with Crippen LogP contribution in [-0.2, 0) is 14.6 Å². The van der Waals surface area contributed by atoms with Crippen LogP contribution in [0.1, 0.15) is 24.5 Å². The summed E-state index contributed by atoms with van der Waals surface area (Å²) < 4.78 is 33.1. The molecule has 0 N–H and O–H groups in total. The number of piperazine rings is 1. The first-order valence-corrected chi connectivity index (χ1v) is 12.2. The van der Waals surface area contributed by atoms with Crippen LogP contribution in [-0.4, -0.2) is 50.4 Å². The summed E-state index contributed by atoms with van der Waals surface area (Å²) in [5.41, 5.74) is 2.72. The SMILES string of the molecule is CCC(=O)N1CCN(c2oc(-c3cccc(C)c3)nc2S(=O)(=O)c2ccc(C)cc2)CC1. The number of oxazole rings is 1. The molecule has 0 atom stereocenters. The highest BCUT2D eigenvalue weighted by Crippen LogP contribution is 2.35. The van der Waals surface area contributed by atoms with Gasteiger partial charge >= 0.3 is 0 Å². The van der Waals surface area contributed by atoms with Crippen LogP contribution in [0.25, 0.3) is 11.5 Å². The van der Waals surface area contributed by atoms with Crippen molar-refractivity contribution < 1.29 is 17.6 Å². The minimum atomic E-state index is -3.89. The van der Waals surface area contributed by atoms with Crippen LogP contribution in [0.4, 0.5) is 5.88 Å². The first-order valence-electron chi connectivity index (χ1n) is 10.7. The number of rotatable bonds is 5. The van der Waals surface area contributed by atoms with Crippen LogP contribution in [0.2, 0.25) is 0 Å². The molecule has 1 amide bonds. The Labute approximate surface area is 188 Å². The van der Waals surface area contributed by atoms with Gasteiger partial charge in [0.2, 0.25) is 32.5 Å². The summed E-state index contributed by atoms with van der Waals surface area (Å²) >= 11 is 0. The lowest BCUT2D eigenvalue weighted by atomic mass is 10.1. The molecule has 3 aromatic rings. The van der Waals surface area contributed by atoms with E-state index in [9.17, 15) is 13.2 Å². The molecule has 1 fully saturated rings. The Morgan fingerprint density at radius 3 is 2.31 bits per heavy atom. The highest BCUT2D eigenvalue weighted by molar-refractivity contribution is 7.91. The van der Waals surface area contributed by atoms with Gasteiger partial charge in [0.1, 0.15) is 0 Å². The number of benzene rings is 2. The third-order valence-electron chi connectivity index (χ3n) is 5.65. The lowest BCUT2D eigenvalue weighted by molar-refractivity contribution is -0.131. The highest BCUT2D eigenvalue weighted by atomic mass is 32.2. The molecule has 1 aromatic heterocycles. The summed E-state index contributed by atoms with van der Waals surface area (Å²) in [6.45, 7) is 7.68. The molecule has 0 aliphatic carbocycles. The molecule has 8 heteroatoms. The minimum Gasteiger partial charge on any atom is -0.419 e. The van der Waals surface area contributed by atoms with E-state index in [0.29, 0.717) is 32.6 Å². The van der Waals surface area contributed by atoms with Crippen molar-refractivity contribution in [3.05, 3.63) is 59.7 Å². The molecule has 32 heavy (non-hydrogen) atoms. The van der Waals surface area contributed by atoms with Gasteiger partial charge in [0.15, 0.2) is 0 Å². The number of carbonyl (C=O) groups is 1. The number of nitrogens with zero attached hydrogens (tertiary/aromatic N) is 3. The molecule has 0 radical (unpaired) electrons. The quantitative estimate of drug-likeness (QED) is 0.584. The fourth-order valence-corrected chi connectivity index (χ4v) is 5.11. The van der Waals surface area contributed by atoms with Gasteiger partial charge in [0, 0.05) is 38.2 Å². The molecule has 7 nitrogen and oxygen atoms in total. The van der Waals surface area contributed by atoms with Gasteiger partial charge in [-0.25, -0.2) is 8.42 Å². The van der Waals surface area contributed by atoms with Crippen molar-refractivity contribution in [2.45, 2.75) is 37.1 Å². The van der Waals surface area contributed by atoms with Crippen molar-refractivity contribution in [2.24, 2.45) is 0 Å². The first-order chi connectivity index (χ1) is 15.3. The summed E-state index contributed by atoms with van der Waals surface area (Å²) in [4.78, 5) is 20.3. The van der Waals surface area contributed by atoms with E-state index >= 15 is 0 Å². The monoisotopic (exact) mass is 453 g/mol.